The first-order valence-electron chi connectivity index (χ1n) is 7.55. The van der Waals surface area contributed by atoms with E-state index in [1.54, 1.807) is 18.6 Å². The molecule has 1 atom stereocenters. The van der Waals surface area contributed by atoms with Gasteiger partial charge in [0.05, 0.1) is 12.3 Å². The van der Waals surface area contributed by atoms with Gasteiger partial charge in [0.2, 0.25) is 5.16 Å². The molecular formula is C16H18N6OS. The molecule has 2 heterocycles. The van der Waals surface area contributed by atoms with Crippen LogP contribution in [0.3, 0.4) is 0 Å². The minimum Gasteiger partial charge on any atom is -0.391 e. The molecule has 0 aliphatic rings. The summed E-state index contributed by atoms with van der Waals surface area (Å²) in [6.07, 6.45) is 4.36. The van der Waals surface area contributed by atoms with E-state index in [0.717, 1.165) is 6.54 Å². The number of nitrogens with one attached hydrogen (secondary N) is 2. The van der Waals surface area contributed by atoms with Crippen LogP contribution in [-0.2, 0) is 6.54 Å². The van der Waals surface area contributed by atoms with Gasteiger partial charge in [0.15, 0.2) is 5.82 Å². The Labute approximate surface area is 144 Å². The summed E-state index contributed by atoms with van der Waals surface area (Å²) in [5.74, 6) is 1.09. The van der Waals surface area contributed by atoms with Crippen molar-refractivity contribution in [1.82, 2.24) is 30.5 Å². The molecule has 3 aromatic rings. The van der Waals surface area contributed by atoms with Crippen molar-refractivity contribution in [3.8, 4) is 11.5 Å². The third-order valence-corrected chi connectivity index (χ3v) is 4.22. The average Bonchev–Trinajstić information content (AvgIpc) is 3.11. The second-order valence-electron chi connectivity index (χ2n) is 5.14. The van der Waals surface area contributed by atoms with Gasteiger partial charge in [-0.2, -0.15) is 4.98 Å². The number of hydrogen-bond donors (Lipinski definition) is 3. The van der Waals surface area contributed by atoms with Crippen LogP contribution in [0.2, 0.25) is 0 Å². The second kappa shape index (κ2) is 8.53. The maximum absolute atomic E-state index is 10.0. The fourth-order valence-corrected chi connectivity index (χ4v) is 2.78. The highest BCUT2D eigenvalue weighted by Crippen LogP contribution is 2.17. The van der Waals surface area contributed by atoms with Crippen molar-refractivity contribution < 1.29 is 5.11 Å². The molecule has 0 amide bonds. The molecule has 0 bridgehead atoms. The maximum Gasteiger partial charge on any atom is 0.208 e. The molecular weight excluding hydrogens is 324 g/mol. The van der Waals surface area contributed by atoms with E-state index in [1.807, 2.05) is 18.2 Å². The third kappa shape index (κ3) is 4.85. The molecule has 0 fully saturated rings. The highest BCUT2D eigenvalue weighted by molar-refractivity contribution is 7.99. The summed E-state index contributed by atoms with van der Waals surface area (Å²) in [5, 5.41) is 20.8. The van der Waals surface area contributed by atoms with Crippen LogP contribution in [0.4, 0.5) is 0 Å². The molecule has 124 valence electrons. The van der Waals surface area contributed by atoms with Crippen molar-refractivity contribution in [2.24, 2.45) is 0 Å². The van der Waals surface area contributed by atoms with Gasteiger partial charge in [-0.15, -0.1) is 5.10 Å². The number of rotatable bonds is 8. The van der Waals surface area contributed by atoms with E-state index >= 15 is 0 Å². The van der Waals surface area contributed by atoms with Crippen LogP contribution in [0.15, 0.2) is 54.1 Å². The smallest absolute Gasteiger partial charge is 0.208 e. The summed E-state index contributed by atoms with van der Waals surface area (Å²) < 4.78 is 0. The lowest BCUT2D eigenvalue weighted by molar-refractivity contribution is 0.195. The summed E-state index contributed by atoms with van der Waals surface area (Å²) >= 11 is 1.40. The summed E-state index contributed by atoms with van der Waals surface area (Å²) in [4.78, 5) is 12.5. The lowest BCUT2D eigenvalue weighted by Gasteiger charge is -2.10. The van der Waals surface area contributed by atoms with Gasteiger partial charge >= 0.3 is 0 Å². The first-order chi connectivity index (χ1) is 11.8. The van der Waals surface area contributed by atoms with E-state index in [1.165, 1.54) is 17.3 Å². The highest BCUT2D eigenvalue weighted by atomic mass is 32.2. The van der Waals surface area contributed by atoms with Crippen LogP contribution in [0.1, 0.15) is 5.56 Å². The summed E-state index contributed by atoms with van der Waals surface area (Å²) in [5.41, 5.74) is 1.84. The number of hydrogen-bond acceptors (Lipinski definition) is 7. The van der Waals surface area contributed by atoms with E-state index in [2.05, 4.69) is 42.6 Å². The van der Waals surface area contributed by atoms with E-state index in [4.69, 9.17) is 0 Å². The van der Waals surface area contributed by atoms with Crippen molar-refractivity contribution in [3.05, 3.63) is 54.5 Å². The zero-order valence-corrected chi connectivity index (χ0v) is 13.8. The number of aromatic nitrogens is 5. The van der Waals surface area contributed by atoms with Gasteiger partial charge in [-0.05, 0) is 5.56 Å². The van der Waals surface area contributed by atoms with Gasteiger partial charge < -0.3 is 10.4 Å². The predicted octanol–water partition coefficient (Wildman–Crippen LogP) is 1.50. The zero-order chi connectivity index (χ0) is 16.6. The summed E-state index contributed by atoms with van der Waals surface area (Å²) in [6.45, 7) is 1.25. The van der Waals surface area contributed by atoms with Crippen LogP contribution < -0.4 is 5.32 Å². The van der Waals surface area contributed by atoms with Crippen LogP contribution in [0.5, 0.6) is 0 Å². The number of benzene rings is 1. The van der Waals surface area contributed by atoms with Crippen LogP contribution in [-0.4, -0.2) is 48.7 Å². The minimum atomic E-state index is -0.475. The molecule has 0 saturated heterocycles. The Morgan fingerprint density at radius 1 is 1.21 bits per heavy atom. The fourth-order valence-electron chi connectivity index (χ4n) is 2.06. The number of nitrogens with zero attached hydrogens (tertiary/aromatic N) is 4. The molecule has 7 nitrogen and oxygen atoms in total. The molecule has 0 spiro atoms. The minimum absolute atomic E-state index is 0.475. The van der Waals surface area contributed by atoms with Gasteiger partial charge in [-0.25, -0.2) is 4.98 Å². The third-order valence-electron chi connectivity index (χ3n) is 3.23. The lowest BCUT2D eigenvalue weighted by Crippen LogP contribution is -2.28. The van der Waals surface area contributed by atoms with E-state index < -0.39 is 6.10 Å². The number of aliphatic hydroxyl groups excluding tert-OH is 1. The lowest BCUT2D eigenvalue weighted by atomic mass is 10.2. The SMILES string of the molecule is OC(CNCc1ccccc1)CSc1n[nH]c(-c2cnccn2)n1. The highest BCUT2D eigenvalue weighted by Gasteiger charge is 2.10. The molecule has 24 heavy (non-hydrogen) atoms. The average molecular weight is 342 g/mol. The van der Waals surface area contributed by atoms with Crippen molar-refractivity contribution >= 4 is 11.8 Å². The normalized spacial score (nSPS) is 12.2. The molecule has 0 aliphatic carbocycles. The topological polar surface area (TPSA) is 99.6 Å². The quantitative estimate of drug-likeness (QED) is 0.534. The van der Waals surface area contributed by atoms with Gasteiger partial charge in [0.25, 0.3) is 0 Å². The molecule has 3 N–H and O–H groups in total. The molecule has 2 aromatic heterocycles. The standard InChI is InChI=1S/C16H18N6OS/c23-13(9-18-8-12-4-2-1-3-5-12)11-24-16-20-15(21-22-16)14-10-17-6-7-19-14/h1-7,10,13,18,23H,8-9,11H2,(H,20,21,22). The fraction of sp³-hybridized carbons (Fsp3) is 0.250. The first kappa shape index (κ1) is 16.6. The number of H-pyrrole nitrogens is 1. The molecule has 0 saturated carbocycles. The van der Waals surface area contributed by atoms with Crippen LogP contribution in [0.25, 0.3) is 11.5 Å². The number of aliphatic hydroxyl groups is 1. The number of thioether (sulfide) groups is 1. The second-order valence-corrected chi connectivity index (χ2v) is 6.13. The molecule has 1 unspecified atom stereocenters. The zero-order valence-electron chi connectivity index (χ0n) is 13.0. The van der Waals surface area contributed by atoms with Gasteiger partial charge in [0, 0.05) is 31.2 Å². The Hall–Kier alpha value is -2.29. The van der Waals surface area contributed by atoms with E-state index in [9.17, 15) is 5.11 Å². The largest absolute Gasteiger partial charge is 0.391 e. The molecule has 1 aromatic carbocycles. The Bertz CT molecular complexity index is 737. The number of aromatic amines is 1. The van der Waals surface area contributed by atoms with Crippen molar-refractivity contribution in [2.45, 2.75) is 17.8 Å². The monoisotopic (exact) mass is 342 g/mol. The van der Waals surface area contributed by atoms with E-state index in [0.29, 0.717) is 29.0 Å². The Balaban J connectivity index is 1.42. The van der Waals surface area contributed by atoms with Crippen molar-refractivity contribution in [3.63, 3.8) is 0 Å². The van der Waals surface area contributed by atoms with Crippen LogP contribution >= 0.6 is 11.8 Å². The van der Waals surface area contributed by atoms with Crippen molar-refractivity contribution in [1.29, 1.82) is 0 Å². The summed E-state index contributed by atoms with van der Waals surface area (Å²) in [7, 11) is 0. The molecule has 3 rings (SSSR count). The Morgan fingerprint density at radius 3 is 2.88 bits per heavy atom. The summed E-state index contributed by atoms with van der Waals surface area (Å²) in [6, 6.07) is 10.1. The first-order valence-corrected chi connectivity index (χ1v) is 8.54. The van der Waals surface area contributed by atoms with E-state index in [-0.39, 0.29) is 0 Å². The predicted molar refractivity (Wildman–Crippen MR) is 92.3 cm³/mol. The van der Waals surface area contributed by atoms with Gasteiger partial charge in [-0.3, -0.25) is 10.1 Å². The van der Waals surface area contributed by atoms with Crippen LogP contribution in [0, 0.1) is 0 Å². The molecule has 0 radical (unpaired) electrons. The van der Waals surface area contributed by atoms with Gasteiger partial charge in [0.1, 0.15) is 5.69 Å². The molecule has 0 aliphatic heterocycles. The Morgan fingerprint density at radius 2 is 2.08 bits per heavy atom. The maximum atomic E-state index is 10.0. The Kier molecular flexibility index (Phi) is 5.89. The van der Waals surface area contributed by atoms with Crippen molar-refractivity contribution in [2.75, 3.05) is 12.3 Å². The van der Waals surface area contributed by atoms with Gasteiger partial charge in [-0.1, -0.05) is 42.1 Å². The molecule has 8 heteroatoms.